The second-order valence-electron chi connectivity index (χ2n) is 7.48. The molecule has 0 saturated carbocycles. The number of aromatic nitrogens is 3. The Balaban J connectivity index is 1.48. The predicted molar refractivity (Wildman–Crippen MR) is 102 cm³/mol. The van der Waals surface area contributed by atoms with Crippen LogP contribution in [0.15, 0.2) is 6.20 Å². The first-order valence-corrected chi connectivity index (χ1v) is 10.6. The molecular formula is C19H24N4O3S. The van der Waals surface area contributed by atoms with Gasteiger partial charge in [0.25, 0.3) is 5.91 Å². The number of hydrogen-bond donors (Lipinski definition) is 0. The average Bonchev–Trinajstić information content (AvgIpc) is 3.45. The highest BCUT2D eigenvalue weighted by molar-refractivity contribution is 7.16. The topological polar surface area (TPSA) is 69.5 Å². The van der Waals surface area contributed by atoms with Crippen LogP contribution in [0, 0.1) is 0 Å². The Bertz CT molecular complexity index is 849. The first kappa shape index (κ1) is 17.3. The van der Waals surface area contributed by atoms with Crippen LogP contribution in [0.1, 0.15) is 36.3 Å². The number of hydrogen-bond acceptors (Lipinski definition) is 6. The van der Waals surface area contributed by atoms with Crippen LogP contribution < -0.4 is 4.90 Å². The molecule has 0 aromatic carbocycles. The van der Waals surface area contributed by atoms with Crippen molar-refractivity contribution in [2.24, 2.45) is 7.05 Å². The van der Waals surface area contributed by atoms with E-state index < -0.39 is 0 Å². The largest absolute Gasteiger partial charge is 0.376 e. The average molecular weight is 388 g/mol. The number of anilines is 1. The van der Waals surface area contributed by atoms with E-state index >= 15 is 0 Å². The fraction of sp³-hybridized carbons (Fsp3) is 0.632. The summed E-state index contributed by atoms with van der Waals surface area (Å²) in [6.07, 6.45) is 7.33. The number of aryl methyl sites for hydroxylation is 2. The lowest BCUT2D eigenvalue weighted by molar-refractivity contribution is -0.127. The molecule has 2 saturated heterocycles. The van der Waals surface area contributed by atoms with Gasteiger partial charge in [-0.25, -0.2) is 4.98 Å². The van der Waals surface area contributed by atoms with E-state index in [9.17, 15) is 4.79 Å². The molecule has 2 aromatic rings. The molecule has 1 aliphatic carbocycles. The maximum atomic E-state index is 13.2. The minimum absolute atomic E-state index is 0.0282. The highest BCUT2D eigenvalue weighted by Gasteiger charge is 2.34. The van der Waals surface area contributed by atoms with E-state index in [1.165, 1.54) is 10.6 Å². The third-order valence-electron chi connectivity index (χ3n) is 5.70. The summed E-state index contributed by atoms with van der Waals surface area (Å²) in [6, 6.07) is 0. The predicted octanol–water partition coefficient (Wildman–Crippen LogP) is 2.33. The van der Waals surface area contributed by atoms with Crippen LogP contribution in [-0.4, -0.2) is 52.6 Å². The molecule has 2 atom stereocenters. The van der Waals surface area contributed by atoms with Gasteiger partial charge in [-0.15, -0.1) is 11.3 Å². The number of carbonyl (C=O) groups excluding carboxylic acids is 1. The van der Waals surface area contributed by atoms with Crippen molar-refractivity contribution in [2.45, 2.75) is 50.7 Å². The van der Waals surface area contributed by atoms with Crippen molar-refractivity contribution in [3.8, 4) is 11.3 Å². The van der Waals surface area contributed by atoms with E-state index in [1.54, 1.807) is 11.3 Å². The highest BCUT2D eigenvalue weighted by Crippen LogP contribution is 2.39. The van der Waals surface area contributed by atoms with E-state index in [1.807, 2.05) is 22.8 Å². The third kappa shape index (κ3) is 3.09. The van der Waals surface area contributed by atoms with Crippen molar-refractivity contribution in [3.63, 3.8) is 0 Å². The van der Waals surface area contributed by atoms with Crippen molar-refractivity contribution in [1.29, 1.82) is 0 Å². The Morgan fingerprint density at radius 1 is 1.30 bits per heavy atom. The van der Waals surface area contributed by atoms with E-state index in [-0.39, 0.29) is 18.1 Å². The Labute approximate surface area is 162 Å². The van der Waals surface area contributed by atoms with E-state index in [0.717, 1.165) is 61.5 Å². The quantitative estimate of drug-likeness (QED) is 0.804. The molecule has 5 rings (SSSR count). The number of rotatable bonds is 4. The maximum absolute atomic E-state index is 13.2. The molecule has 2 aromatic heterocycles. The summed E-state index contributed by atoms with van der Waals surface area (Å²) in [5.41, 5.74) is 3.31. The second-order valence-corrected chi connectivity index (χ2v) is 8.54. The number of amides is 1. The molecule has 3 aliphatic rings. The summed E-state index contributed by atoms with van der Waals surface area (Å²) in [5.74, 6) is 0.0282. The van der Waals surface area contributed by atoms with E-state index in [0.29, 0.717) is 13.2 Å². The minimum atomic E-state index is -0.346. The molecule has 0 bridgehead atoms. The maximum Gasteiger partial charge on any atom is 0.257 e. The molecule has 144 valence electrons. The zero-order valence-electron chi connectivity index (χ0n) is 15.5. The van der Waals surface area contributed by atoms with Crippen molar-refractivity contribution in [2.75, 3.05) is 24.7 Å². The van der Waals surface area contributed by atoms with Crippen LogP contribution in [0.2, 0.25) is 0 Å². The summed E-state index contributed by atoms with van der Waals surface area (Å²) in [7, 11) is 1.97. The summed E-state index contributed by atoms with van der Waals surface area (Å²) in [4.78, 5) is 21.2. The zero-order chi connectivity index (χ0) is 18.4. The van der Waals surface area contributed by atoms with Crippen molar-refractivity contribution >= 4 is 22.4 Å². The monoisotopic (exact) mass is 388 g/mol. The number of thiazole rings is 1. The van der Waals surface area contributed by atoms with Crippen LogP contribution in [-0.2, 0) is 34.2 Å². The molecule has 0 radical (unpaired) electrons. The fourth-order valence-corrected chi connectivity index (χ4v) is 5.31. The standard InChI is InChI=1S/C19H24N4O3S/c1-22-14-6-7-16-17(13(14)10-20-22)21-19(27-16)23(11-12-4-2-8-25-12)18(24)15-5-3-9-26-15/h10,12,15H,2-9,11H2,1H3/t12-,15+/m1/s1. The Morgan fingerprint density at radius 3 is 2.93 bits per heavy atom. The molecule has 0 unspecified atom stereocenters. The molecule has 4 heterocycles. The minimum Gasteiger partial charge on any atom is -0.376 e. The zero-order valence-corrected chi connectivity index (χ0v) is 16.3. The van der Waals surface area contributed by atoms with Crippen molar-refractivity contribution in [3.05, 3.63) is 16.8 Å². The molecule has 2 fully saturated rings. The number of nitrogens with zero attached hydrogens (tertiary/aromatic N) is 4. The molecular weight excluding hydrogens is 364 g/mol. The third-order valence-corrected chi connectivity index (χ3v) is 6.84. The van der Waals surface area contributed by atoms with Gasteiger partial charge in [0, 0.05) is 36.4 Å². The van der Waals surface area contributed by atoms with Crippen LogP contribution in [0.3, 0.4) is 0 Å². The van der Waals surface area contributed by atoms with Crippen LogP contribution in [0.25, 0.3) is 11.3 Å². The van der Waals surface area contributed by atoms with E-state index in [4.69, 9.17) is 14.5 Å². The van der Waals surface area contributed by atoms with E-state index in [2.05, 4.69) is 5.10 Å². The first-order valence-electron chi connectivity index (χ1n) is 9.76. The summed E-state index contributed by atoms with van der Waals surface area (Å²) >= 11 is 1.63. The summed E-state index contributed by atoms with van der Waals surface area (Å²) in [6.45, 7) is 2.00. The SMILES string of the molecule is Cn1ncc2c1CCc1sc(N(C[C@H]3CCCO3)C(=O)[C@@H]3CCCO3)nc1-2. The van der Waals surface area contributed by atoms with Crippen molar-refractivity contribution in [1.82, 2.24) is 14.8 Å². The highest BCUT2D eigenvalue weighted by atomic mass is 32.1. The van der Waals surface area contributed by atoms with Gasteiger partial charge in [0.15, 0.2) is 5.13 Å². The fourth-order valence-electron chi connectivity index (χ4n) is 4.22. The Morgan fingerprint density at radius 2 is 2.15 bits per heavy atom. The van der Waals surface area contributed by atoms with Gasteiger partial charge in [-0.05, 0) is 38.5 Å². The van der Waals surface area contributed by atoms with Gasteiger partial charge in [-0.1, -0.05) is 0 Å². The lowest BCUT2D eigenvalue weighted by Gasteiger charge is -2.25. The smallest absolute Gasteiger partial charge is 0.257 e. The lowest BCUT2D eigenvalue weighted by Crippen LogP contribution is -2.43. The Hall–Kier alpha value is -1.77. The molecule has 0 spiro atoms. The van der Waals surface area contributed by atoms with Crippen LogP contribution >= 0.6 is 11.3 Å². The molecule has 7 nitrogen and oxygen atoms in total. The molecule has 0 N–H and O–H groups in total. The van der Waals surface area contributed by atoms with Gasteiger partial charge in [0.05, 0.1) is 24.5 Å². The number of fused-ring (bicyclic) bond motifs is 3. The van der Waals surface area contributed by atoms with Gasteiger partial charge >= 0.3 is 0 Å². The first-order chi connectivity index (χ1) is 13.2. The van der Waals surface area contributed by atoms with Gasteiger partial charge in [0.2, 0.25) is 0 Å². The Kier molecular flexibility index (Phi) is 4.49. The lowest BCUT2D eigenvalue weighted by atomic mass is 10.0. The van der Waals surface area contributed by atoms with Crippen LogP contribution in [0.4, 0.5) is 5.13 Å². The van der Waals surface area contributed by atoms with Crippen molar-refractivity contribution < 1.29 is 14.3 Å². The number of ether oxygens (including phenoxy) is 2. The molecule has 2 aliphatic heterocycles. The molecule has 1 amide bonds. The molecule has 8 heteroatoms. The normalized spacial score (nSPS) is 24.0. The summed E-state index contributed by atoms with van der Waals surface area (Å²) < 4.78 is 13.4. The van der Waals surface area contributed by atoms with Gasteiger partial charge in [-0.3, -0.25) is 14.4 Å². The molecule has 27 heavy (non-hydrogen) atoms. The summed E-state index contributed by atoms with van der Waals surface area (Å²) in [5, 5.41) is 5.16. The second kappa shape index (κ2) is 7.00. The van der Waals surface area contributed by atoms with Gasteiger partial charge in [-0.2, -0.15) is 5.10 Å². The number of carbonyl (C=O) groups is 1. The van der Waals surface area contributed by atoms with Gasteiger partial charge < -0.3 is 9.47 Å². The van der Waals surface area contributed by atoms with Crippen LogP contribution in [0.5, 0.6) is 0 Å². The van der Waals surface area contributed by atoms with Gasteiger partial charge in [0.1, 0.15) is 6.10 Å².